The number of fused-ring (bicyclic) bond motifs is 2. The number of carbonyl (C=O) groups excluding carboxylic acids is 1. The number of carbonyl (C=O) groups is 1. The van der Waals surface area contributed by atoms with Crippen LogP contribution in [0, 0.1) is 5.92 Å². The Bertz CT molecular complexity index is 1140. The van der Waals surface area contributed by atoms with Gasteiger partial charge in [-0.05, 0) is 30.2 Å². The van der Waals surface area contributed by atoms with Crippen molar-refractivity contribution in [3.8, 4) is 0 Å². The molecule has 27 heavy (non-hydrogen) atoms. The summed E-state index contributed by atoms with van der Waals surface area (Å²) >= 11 is 0. The molecular formula is C19H20N6O2. The van der Waals surface area contributed by atoms with Gasteiger partial charge in [0.1, 0.15) is 5.82 Å². The van der Waals surface area contributed by atoms with Gasteiger partial charge in [0.2, 0.25) is 0 Å². The molecule has 3 aromatic heterocycles. The number of hydrogen-bond acceptors (Lipinski definition) is 4. The van der Waals surface area contributed by atoms with Gasteiger partial charge in [0.15, 0.2) is 5.65 Å². The number of aromatic nitrogens is 5. The van der Waals surface area contributed by atoms with E-state index in [9.17, 15) is 9.59 Å². The van der Waals surface area contributed by atoms with E-state index in [1.54, 1.807) is 12.1 Å². The fourth-order valence-electron chi connectivity index (χ4n) is 3.10. The van der Waals surface area contributed by atoms with Gasteiger partial charge in [0, 0.05) is 6.20 Å². The Kier molecular flexibility index (Phi) is 4.23. The lowest BCUT2D eigenvalue weighted by molar-refractivity contribution is 0.0920. The van der Waals surface area contributed by atoms with E-state index in [2.05, 4.69) is 39.3 Å². The van der Waals surface area contributed by atoms with Crippen molar-refractivity contribution in [2.24, 2.45) is 5.92 Å². The minimum Gasteiger partial charge on any atom is -0.342 e. The van der Waals surface area contributed by atoms with Crippen LogP contribution < -0.4 is 11.0 Å². The first kappa shape index (κ1) is 17.0. The highest BCUT2D eigenvalue weighted by Gasteiger charge is 2.24. The first-order valence-electron chi connectivity index (χ1n) is 8.89. The molecule has 0 aliphatic carbocycles. The fraction of sp³-hybridized carbons (Fsp3) is 0.263. The SMILES string of the molecule is CC[C@H](C)[C@H](NC(=O)c1ccc2n[nH]c(=O)n2c1)c1nc2ccccc2[nH]1. The molecule has 0 bridgehead atoms. The van der Waals surface area contributed by atoms with E-state index in [0.29, 0.717) is 11.2 Å². The second-order valence-corrected chi connectivity index (χ2v) is 6.65. The molecule has 8 nitrogen and oxygen atoms in total. The molecule has 4 rings (SSSR count). The summed E-state index contributed by atoms with van der Waals surface area (Å²) in [5.41, 5.74) is 2.26. The summed E-state index contributed by atoms with van der Waals surface area (Å²) in [4.78, 5) is 32.5. The molecular weight excluding hydrogens is 344 g/mol. The quantitative estimate of drug-likeness (QED) is 0.505. The third-order valence-corrected chi connectivity index (χ3v) is 4.88. The number of imidazole rings is 1. The Morgan fingerprint density at radius 2 is 2.07 bits per heavy atom. The van der Waals surface area contributed by atoms with Crippen LogP contribution in [0.4, 0.5) is 0 Å². The molecule has 2 atom stereocenters. The third kappa shape index (κ3) is 3.10. The Hall–Kier alpha value is -3.42. The van der Waals surface area contributed by atoms with Crippen LogP contribution in [0.5, 0.6) is 0 Å². The van der Waals surface area contributed by atoms with Crippen LogP contribution in [0.3, 0.4) is 0 Å². The van der Waals surface area contributed by atoms with Crippen molar-refractivity contribution in [3.05, 3.63) is 64.5 Å². The monoisotopic (exact) mass is 364 g/mol. The first-order chi connectivity index (χ1) is 13.1. The van der Waals surface area contributed by atoms with Crippen molar-refractivity contribution in [3.63, 3.8) is 0 Å². The molecule has 0 saturated heterocycles. The fourth-order valence-corrected chi connectivity index (χ4v) is 3.10. The van der Waals surface area contributed by atoms with Crippen LogP contribution in [0.2, 0.25) is 0 Å². The zero-order chi connectivity index (χ0) is 19.0. The van der Waals surface area contributed by atoms with E-state index in [-0.39, 0.29) is 23.6 Å². The number of hydrogen-bond donors (Lipinski definition) is 3. The highest BCUT2D eigenvalue weighted by molar-refractivity contribution is 5.94. The molecule has 0 spiro atoms. The maximum absolute atomic E-state index is 12.8. The van der Waals surface area contributed by atoms with Crippen molar-refractivity contribution in [1.29, 1.82) is 0 Å². The normalized spacial score (nSPS) is 13.7. The lowest BCUT2D eigenvalue weighted by Crippen LogP contribution is -2.33. The smallest absolute Gasteiger partial charge is 0.342 e. The van der Waals surface area contributed by atoms with Crippen molar-refractivity contribution >= 4 is 22.6 Å². The van der Waals surface area contributed by atoms with Crippen LogP contribution in [-0.4, -0.2) is 30.5 Å². The van der Waals surface area contributed by atoms with Gasteiger partial charge in [0.25, 0.3) is 5.91 Å². The molecule has 0 unspecified atom stereocenters. The molecule has 4 aromatic rings. The van der Waals surface area contributed by atoms with Gasteiger partial charge >= 0.3 is 5.69 Å². The van der Waals surface area contributed by atoms with E-state index in [4.69, 9.17) is 0 Å². The van der Waals surface area contributed by atoms with Crippen LogP contribution in [-0.2, 0) is 0 Å². The van der Waals surface area contributed by atoms with Gasteiger partial charge in [-0.1, -0.05) is 32.4 Å². The van der Waals surface area contributed by atoms with Crippen LogP contribution in [0.15, 0.2) is 47.4 Å². The molecule has 0 aliphatic heterocycles. The zero-order valence-corrected chi connectivity index (χ0v) is 15.1. The minimum absolute atomic E-state index is 0.176. The number of nitrogens with zero attached hydrogens (tertiary/aromatic N) is 3. The second kappa shape index (κ2) is 6.71. The Morgan fingerprint density at radius 3 is 2.85 bits per heavy atom. The number of H-pyrrole nitrogens is 2. The van der Waals surface area contributed by atoms with E-state index < -0.39 is 0 Å². The van der Waals surface area contributed by atoms with Crippen LogP contribution in [0.25, 0.3) is 16.7 Å². The lowest BCUT2D eigenvalue weighted by atomic mass is 9.98. The third-order valence-electron chi connectivity index (χ3n) is 4.88. The van der Waals surface area contributed by atoms with Gasteiger partial charge in [-0.2, -0.15) is 5.10 Å². The van der Waals surface area contributed by atoms with Crippen LogP contribution in [0.1, 0.15) is 42.5 Å². The summed E-state index contributed by atoms with van der Waals surface area (Å²) in [6.07, 6.45) is 2.37. The van der Waals surface area contributed by atoms with E-state index in [1.807, 2.05) is 24.3 Å². The highest BCUT2D eigenvalue weighted by atomic mass is 16.2. The Morgan fingerprint density at radius 1 is 1.26 bits per heavy atom. The second-order valence-electron chi connectivity index (χ2n) is 6.65. The summed E-state index contributed by atoms with van der Waals surface area (Å²) in [7, 11) is 0. The summed E-state index contributed by atoms with van der Waals surface area (Å²) in [5.74, 6) is 0.631. The standard InChI is InChI=1S/C19H20N6O2/c1-3-11(2)16(17-20-13-6-4-5-7-14(13)21-17)22-18(26)12-8-9-15-23-24-19(27)25(15)10-12/h4-11,16H,3H2,1-2H3,(H,20,21)(H,22,26)(H,24,27)/t11-,16-/m0/s1. The number of para-hydroxylation sites is 2. The average molecular weight is 364 g/mol. The minimum atomic E-state index is -0.379. The van der Waals surface area contributed by atoms with E-state index >= 15 is 0 Å². The maximum atomic E-state index is 12.8. The van der Waals surface area contributed by atoms with Crippen molar-refractivity contribution in [2.75, 3.05) is 0 Å². The number of rotatable bonds is 5. The number of pyridine rings is 1. The molecule has 0 saturated carbocycles. The van der Waals surface area contributed by atoms with Crippen LogP contribution >= 0.6 is 0 Å². The van der Waals surface area contributed by atoms with Gasteiger partial charge in [-0.25, -0.2) is 19.3 Å². The predicted molar refractivity (Wildman–Crippen MR) is 102 cm³/mol. The summed E-state index contributed by atoms with van der Waals surface area (Å²) in [6, 6.07) is 10.8. The molecule has 1 aromatic carbocycles. The highest BCUT2D eigenvalue weighted by Crippen LogP contribution is 2.25. The molecule has 138 valence electrons. The zero-order valence-electron chi connectivity index (χ0n) is 15.1. The van der Waals surface area contributed by atoms with Gasteiger partial charge < -0.3 is 10.3 Å². The molecule has 1 amide bonds. The predicted octanol–water partition coefficient (Wildman–Crippen LogP) is 2.42. The molecule has 3 heterocycles. The Balaban J connectivity index is 1.67. The molecule has 3 N–H and O–H groups in total. The summed E-state index contributed by atoms with van der Waals surface area (Å²) < 4.78 is 1.31. The maximum Gasteiger partial charge on any atom is 0.347 e. The Labute approximate surface area is 154 Å². The average Bonchev–Trinajstić information content (AvgIpc) is 3.28. The first-order valence-corrected chi connectivity index (χ1v) is 8.89. The van der Waals surface area contributed by atoms with Crippen molar-refractivity contribution in [1.82, 2.24) is 29.9 Å². The lowest BCUT2D eigenvalue weighted by Gasteiger charge is -2.22. The van der Waals surface area contributed by atoms with Gasteiger partial charge in [-0.3, -0.25) is 4.79 Å². The van der Waals surface area contributed by atoms with E-state index in [0.717, 1.165) is 23.3 Å². The number of nitrogens with one attached hydrogen (secondary N) is 3. The van der Waals surface area contributed by atoms with Gasteiger partial charge in [-0.15, -0.1) is 0 Å². The van der Waals surface area contributed by atoms with E-state index in [1.165, 1.54) is 10.6 Å². The largest absolute Gasteiger partial charge is 0.347 e. The van der Waals surface area contributed by atoms with Crippen molar-refractivity contribution < 1.29 is 4.79 Å². The summed E-state index contributed by atoms with van der Waals surface area (Å²) in [6.45, 7) is 4.14. The number of amides is 1. The topological polar surface area (TPSA) is 108 Å². The van der Waals surface area contributed by atoms with Crippen molar-refractivity contribution in [2.45, 2.75) is 26.3 Å². The molecule has 8 heteroatoms. The number of benzene rings is 1. The summed E-state index contributed by atoms with van der Waals surface area (Å²) in [5, 5.41) is 9.29. The number of aromatic amines is 2. The van der Waals surface area contributed by atoms with Gasteiger partial charge in [0.05, 0.1) is 22.6 Å². The molecule has 0 fully saturated rings. The molecule has 0 radical (unpaired) electrons. The molecule has 0 aliphatic rings.